The van der Waals surface area contributed by atoms with Crippen molar-refractivity contribution in [3.8, 4) is 0 Å². The Bertz CT molecular complexity index is 335. The predicted molar refractivity (Wildman–Crippen MR) is 73.1 cm³/mol. The van der Waals surface area contributed by atoms with Crippen molar-refractivity contribution < 1.29 is 0 Å². The average Bonchev–Trinajstić information content (AvgIpc) is 2.84. The molecule has 0 saturated carbocycles. The van der Waals surface area contributed by atoms with Gasteiger partial charge in [-0.2, -0.15) is 11.8 Å². The zero-order valence-corrected chi connectivity index (χ0v) is 11.9. The number of hydrogen-bond acceptors (Lipinski definition) is 4. The van der Waals surface area contributed by atoms with Gasteiger partial charge in [0.25, 0.3) is 0 Å². The van der Waals surface area contributed by atoms with E-state index in [9.17, 15) is 0 Å². The van der Waals surface area contributed by atoms with Gasteiger partial charge in [0.15, 0.2) is 0 Å². The van der Waals surface area contributed by atoms with Gasteiger partial charge < -0.3 is 5.32 Å². The van der Waals surface area contributed by atoms with E-state index in [0.717, 1.165) is 6.54 Å². The molecule has 0 radical (unpaired) electrons. The van der Waals surface area contributed by atoms with E-state index in [4.69, 9.17) is 0 Å². The summed E-state index contributed by atoms with van der Waals surface area (Å²) in [5.41, 5.74) is 0.187. The molecule has 1 saturated heterocycles. The van der Waals surface area contributed by atoms with Crippen LogP contribution in [0, 0.1) is 0 Å². The van der Waals surface area contributed by atoms with Crippen molar-refractivity contribution in [1.29, 1.82) is 0 Å². The first-order chi connectivity index (χ1) is 7.54. The van der Waals surface area contributed by atoms with Gasteiger partial charge in [0.05, 0.1) is 5.25 Å². The molecule has 1 unspecified atom stereocenters. The molecule has 2 nitrogen and oxygen atoms in total. The molecular weight excluding hydrogens is 236 g/mol. The minimum atomic E-state index is 0.187. The van der Waals surface area contributed by atoms with Gasteiger partial charge in [0.1, 0.15) is 5.01 Å². The molecule has 0 bridgehead atoms. The fraction of sp³-hybridized carbons (Fsp3) is 0.750. The normalized spacial score (nSPS) is 21.6. The molecule has 4 heteroatoms. The second kappa shape index (κ2) is 5.07. The van der Waals surface area contributed by atoms with E-state index in [2.05, 4.69) is 42.8 Å². The van der Waals surface area contributed by atoms with E-state index in [1.165, 1.54) is 28.5 Å². The summed E-state index contributed by atoms with van der Waals surface area (Å²) in [7, 11) is 0. The molecule has 0 amide bonds. The number of thioether (sulfide) groups is 1. The Morgan fingerprint density at radius 2 is 2.31 bits per heavy atom. The van der Waals surface area contributed by atoms with Crippen molar-refractivity contribution in [2.75, 3.05) is 5.75 Å². The van der Waals surface area contributed by atoms with E-state index in [0.29, 0.717) is 5.25 Å². The van der Waals surface area contributed by atoms with Gasteiger partial charge in [0.2, 0.25) is 0 Å². The van der Waals surface area contributed by atoms with Gasteiger partial charge in [-0.15, -0.1) is 11.3 Å². The fourth-order valence-electron chi connectivity index (χ4n) is 1.68. The van der Waals surface area contributed by atoms with E-state index >= 15 is 0 Å². The molecule has 1 aromatic rings. The molecule has 90 valence electrons. The van der Waals surface area contributed by atoms with E-state index < -0.39 is 0 Å². The Balaban J connectivity index is 1.91. The third kappa shape index (κ3) is 3.47. The van der Waals surface area contributed by atoms with Crippen molar-refractivity contribution in [2.24, 2.45) is 0 Å². The van der Waals surface area contributed by atoms with Gasteiger partial charge in [-0.1, -0.05) is 0 Å². The van der Waals surface area contributed by atoms with Gasteiger partial charge >= 0.3 is 0 Å². The summed E-state index contributed by atoms with van der Waals surface area (Å²) in [5.74, 6) is 1.31. The van der Waals surface area contributed by atoms with E-state index in [-0.39, 0.29) is 5.54 Å². The molecule has 1 N–H and O–H groups in total. The minimum absolute atomic E-state index is 0.187. The maximum Gasteiger partial charge on any atom is 0.106 e. The lowest BCUT2D eigenvalue weighted by Crippen LogP contribution is -2.34. The highest BCUT2D eigenvalue weighted by Gasteiger charge is 2.20. The first-order valence-corrected chi connectivity index (χ1v) is 7.72. The summed E-state index contributed by atoms with van der Waals surface area (Å²) in [4.78, 5) is 5.92. The molecule has 2 heterocycles. The maximum atomic E-state index is 4.56. The van der Waals surface area contributed by atoms with Crippen LogP contribution < -0.4 is 5.32 Å². The fourth-order valence-corrected chi connectivity index (χ4v) is 4.05. The molecule has 1 aliphatic rings. The lowest BCUT2D eigenvalue weighted by Gasteiger charge is -2.19. The molecule has 16 heavy (non-hydrogen) atoms. The lowest BCUT2D eigenvalue weighted by atomic mass is 10.1. The average molecular weight is 256 g/mol. The zero-order valence-electron chi connectivity index (χ0n) is 10.2. The quantitative estimate of drug-likeness (QED) is 0.894. The van der Waals surface area contributed by atoms with Crippen LogP contribution in [0.5, 0.6) is 0 Å². The minimum Gasteiger partial charge on any atom is -0.307 e. The number of hydrogen-bond donors (Lipinski definition) is 1. The third-order valence-electron chi connectivity index (χ3n) is 2.57. The largest absolute Gasteiger partial charge is 0.307 e. The van der Waals surface area contributed by atoms with Crippen LogP contribution in [0.4, 0.5) is 0 Å². The summed E-state index contributed by atoms with van der Waals surface area (Å²) in [6.07, 6.45) is 4.70. The van der Waals surface area contributed by atoms with Crippen molar-refractivity contribution in [3.63, 3.8) is 0 Å². The Kier molecular flexibility index (Phi) is 3.93. The Morgan fingerprint density at radius 1 is 1.50 bits per heavy atom. The Hall–Kier alpha value is -0.0600. The van der Waals surface area contributed by atoms with Crippen molar-refractivity contribution in [3.05, 3.63) is 16.1 Å². The van der Waals surface area contributed by atoms with Crippen LogP contribution in [0.1, 0.15) is 48.7 Å². The monoisotopic (exact) mass is 256 g/mol. The van der Waals surface area contributed by atoms with Gasteiger partial charge in [-0.3, -0.25) is 0 Å². The molecule has 1 fully saturated rings. The number of nitrogens with one attached hydrogen (secondary N) is 1. The van der Waals surface area contributed by atoms with E-state index in [1.54, 1.807) is 0 Å². The maximum absolute atomic E-state index is 4.56. The topological polar surface area (TPSA) is 24.9 Å². The summed E-state index contributed by atoms with van der Waals surface area (Å²) in [5, 5.41) is 5.51. The predicted octanol–water partition coefficient (Wildman–Crippen LogP) is 3.60. The first-order valence-electron chi connectivity index (χ1n) is 5.86. The summed E-state index contributed by atoms with van der Waals surface area (Å²) >= 11 is 3.94. The summed E-state index contributed by atoms with van der Waals surface area (Å²) in [6, 6.07) is 0. The number of aromatic nitrogens is 1. The molecular formula is C12H20N2S2. The first kappa shape index (κ1) is 12.4. The highest BCUT2D eigenvalue weighted by molar-refractivity contribution is 7.99. The lowest BCUT2D eigenvalue weighted by molar-refractivity contribution is 0.426. The Morgan fingerprint density at radius 3 is 2.94 bits per heavy atom. The number of nitrogens with zero attached hydrogens (tertiary/aromatic N) is 1. The van der Waals surface area contributed by atoms with Crippen molar-refractivity contribution in [2.45, 2.75) is 50.9 Å². The standard InChI is InChI=1S/C12H20N2S2/c1-12(2,3)14-8-9-7-13-11(16-9)10-5-4-6-15-10/h7,10,14H,4-6,8H2,1-3H3. The van der Waals surface area contributed by atoms with E-state index in [1.807, 2.05) is 17.5 Å². The van der Waals surface area contributed by atoms with Crippen LogP contribution in [-0.4, -0.2) is 16.3 Å². The van der Waals surface area contributed by atoms with Crippen molar-refractivity contribution in [1.82, 2.24) is 10.3 Å². The smallest absolute Gasteiger partial charge is 0.106 e. The number of rotatable bonds is 3. The van der Waals surface area contributed by atoms with Gasteiger partial charge in [-0.05, 0) is 39.4 Å². The van der Waals surface area contributed by atoms with Crippen LogP contribution in [-0.2, 0) is 6.54 Å². The van der Waals surface area contributed by atoms with Crippen LogP contribution >= 0.6 is 23.1 Å². The molecule has 1 atom stereocenters. The second-order valence-electron chi connectivity index (χ2n) is 5.27. The number of thiazole rings is 1. The molecule has 0 aliphatic carbocycles. The van der Waals surface area contributed by atoms with Crippen LogP contribution in [0.15, 0.2) is 6.20 Å². The van der Waals surface area contributed by atoms with Gasteiger partial charge in [-0.25, -0.2) is 4.98 Å². The SMILES string of the molecule is CC(C)(C)NCc1cnc(C2CCCS2)s1. The molecule has 1 aliphatic heterocycles. The highest BCUT2D eigenvalue weighted by atomic mass is 32.2. The van der Waals surface area contributed by atoms with Crippen LogP contribution in [0.2, 0.25) is 0 Å². The third-order valence-corrected chi connectivity index (χ3v) is 5.22. The molecule has 0 aromatic carbocycles. The Labute approximate surface area is 106 Å². The molecule has 0 spiro atoms. The second-order valence-corrected chi connectivity index (χ2v) is 7.73. The van der Waals surface area contributed by atoms with Crippen LogP contribution in [0.3, 0.4) is 0 Å². The van der Waals surface area contributed by atoms with Gasteiger partial charge in [0, 0.05) is 23.2 Å². The van der Waals surface area contributed by atoms with Crippen molar-refractivity contribution >= 4 is 23.1 Å². The molecule has 2 rings (SSSR count). The highest BCUT2D eigenvalue weighted by Crippen LogP contribution is 2.41. The summed E-state index contributed by atoms with van der Waals surface area (Å²) in [6.45, 7) is 7.53. The molecule has 1 aromatic heterocycles. The zero-order chi connectivity index (χ0) is 11.6. The summed E-state index contributed by atoms with van der Waals surface area (Å²) < 4.78 is 0. The van der Waals surface area contributed by atoms with Crippen LogP contribution in [0.25, 0.3) is 0 Å².